The average Bonchev–Trinajstić information content (AvgIpc) is 2.39. The number of benzene rings is 1. The van der Waals surface area contributed by atoms with Crippen LogP contribution in [0.15, 0.2) is 30.3 Å². The van der Waals surface area contributed by atoms with Gasteiger partial charge in [0.1, 0.15) is 16.2 Å². The van der Waals surface area contributed by atoms with Crippen LogP contribution in [0.2, 0.25) is 0 Å². The minimum absolute atomic E-state index is 0.476. The lowest BCUT2D eigenvalue weighted by Gasteiger charge is -2.07. The van der Waals surface area contributed by atoms with Gasteiger partial charge < -0.3 is 14.5 Å². The Hall–Kier alpha value is -1.72. The summed E-state index contributed by atoms with van der Waals surface area (Å²) in [7, 11) is 1.65. The summed E-state index contributed by atoms with van der Waals surface area (Å²) in [6.07, 6.45) is 0. The monoisotopic (exact) mass is 276 g/mol. The second kappa shape index (κ2) is 6.45. The molecule has 0 radical (unpaired) electrons. The van der Waals surface area contributed by atoms with Crippen LogP contribution in [0.25, 0.3) is 11.4 Å². The van der Waals surface area contributed by atoms with Crippen molar-refractivity contribution >= 4 is 12.2 Å². The van der Waals surface area contributed by atoms with Gasteiger partial charge in [0.2, 0.25) is 0 Å². The van der Waals surface area contributed by atoms with Crippen molar-refractivity contribution in [3.63, 3.8) is 0 Å². The number of H-pyrrole nitrogens is 1. The van der Waals surface area contributed by atoms with Crippen LogP contribution in [-0.4, -0.2) is 23.7 Å². The first-order chi connectivity index (χ1) is 9.22. The summed E-state index contributed by atoms with van der Waals surface area (Å²) in [4.78, 5) is 7.55. The van der Waals surface area contributed by atoms with Gasteiger partial charge in [-0.05, 0) is 25.1 Å². The first kappa shape index (κ1) is 13.7. The lowest BCUT2D eigenvalue weighted by atomic mass is 10.2. The summed E-state index contributed by atoms with van der Waals surface area (Å²) < 4.78 is 11.1. The predicted octanol–water partition coefficient (Wildman–Crippen LogP) is 3.35. The van der Waals surface area contributed by atoms with Crippen LogP contribution in [-0.2, 0) is 11.3 Å². The standard InChI is InChI=1S/C14H16N2O2S/c1-3-18-12-6-4-5-10(7-12)14-15-11(9-17-2)8-13(19)16-14/h4-8H,3,9H2,1-2H3,(H,15,16,19). The molecule has 0 atom stereocenters. The Morgan fingerprint density at radius 1 is 1.32 bits per heavy atom. The molecule has 1 aromatic carbocycles. The highest BCUT2D eigenvalue weighted by Crippen LogP contribution is 2.21. The Bertz CT molecular complexity index is 610. The highest BCUT2D eigenvalue weighted by atomic mass is 32.1. The van der Waals surface area contributed by atoms with E-state index in [1.54, 1.807) is 13.2 Å². The van der Waals surface area contributed by atoms with Crippen LogP contribution < -0.4 is 4.74 Å². The first-order valence-electron chi connectivity index (χ1n) is 6.05. The zero-order chi connectivity index (χ0) is 13.7. The third-order valence-corrected chi connectivity index (χ3v) is 2.73. The maximum absolute atomic E-state index is 5.48. The Kier molecular flexibility index (Phi) is 4.65. The van der Waals surface area contributed by atoms with Crippen LogP contribution in [0.5, 0.6) is 5.75 Å². The average molecular weight is 276 g/mol. The van der Waals surface area contributed by atoms with Crippen molar-refractivity contribution in [2.45, 2.75) is 13.5 Å². The van der Waals surface area contributed by atoms with Crippen molar-refractivity contribution in [3.8, 4) is 17.1 Å². The van der Waals surface area contributed by atoms with Crippen LogP contribution in [0.3, 0.4) is 0 Å². The number of methoxy groups -OCH3 is 1. The molecule has 0 spiro atoms. The van der Waals surface area contributed by atoms with E-state index in [0.717, 1.165) is 22.8 Å². The molecule has 19 heavy (non-hydrogen) atoms. The summed E-state index contributed by atoms with van der Waals surface area (Å²) in [5.74, 6) is 1.54. The third kappa shape index (κ3) is 3.62. The minimum Gasteiger partial charge on any atom is -0.494 e. The molecule has 5 heteroatoms. The van der Waals surface area contributed by atoms with Crippen LogP contribution in [0.4, 0.5) is 0 Å². The summed E-state index contributed by atoms with van der Waals surface area (Å²) in [6.45, 7) is 3.07. The normalized spacial score (nSPS) is 10.4. The molecule has 4 nitrogen and oxygen atoms in total. The van der Waals surface area contributed by atoms with Gasteiger partial charge in [-0.25, -0.2) is 4.98 Å². The molecule has 2 aromatic rings. The summed E-state index contributed by atoms with van der Waals surface area (Å²) >= 11 is 5.17. The summed E-state index contributed by atoms with van der Waals surface area (Å²) in [5, 5.41) is 0. The fraction of sp³-hybridized carbons (Fsp3) is 0.286. The first-order valence-corrected chi connectivity index (χ1v) is 6.46. The van der Waals surface area contributed by atoms with Gasteiger partial charge in [-0.15, -0.1) is 0 Å². The largest absolute Gasteiger partial charge is 0.494 e. The zero-order valence-electron chi connectivity index (χ0n) is 11.0. The molecule has 0 fully saturated rings. The Morgan fingerprint density at radius 3 is 2.89 bits per heavy atom. The van der Waals surface area contributed by atoms with E-state index in [9.17, 15) is 0 Å². The van der Waals surface area contributed by atoms with E-state index in [1.165, 1.54) is 0 Å². The van der Waals surface area contributed by atoms with Crippen molar-refractivity contribution < 1.29 is 9.47 Å². The maximum atomic E-state index is 5.48. The van der Waals surface area contributed by atoms with Gasteiger partial charge in [-0.1, -0.05) is 24.4 Å². The van der Waals surface area contributed by atoms with E-state index in [0.29, 0.717) is 17.9 Å². The van der Waals surface area contributed by atoms with Gasteiger partial charge in [0.15, 0.2) is 0 Å². The maximum Gasteiger partial charge on any atom is 0.139 e. The SMILES string of the molecule is CCOc1cccc(-c2nc(=S)cc(COC)[nH]2)c1. The highest BCUT2D eigenvalue weighted by Gasteiger charge is 2.04. The topological polar surface area (TPSA) is 47.1 Å². The van der Waals surface area contributed by atoms with Gasteiger partial charge in [0.25, 0.3) is 0 Å². The molecule has 0 saturated carbocycles. The molecule has 0 aliphatic heterocycles. The fourth-order valence-corrected chi connectivity index (χ4v) is 2.01. The Balaban J connectivity index is 2.40. The lowest BCUT2D eigenvalue weighted by molar-refractivity contribution is 0.181. The number of nitrogens with one attached hydrogen (secondary N) is 1. The van der Waals surface area contributed by atoms with E-state index < -0.39 is 0 Å². The number of hydrogen-bond donors (Lipinski definition) is 1. The van der Waals surface area contributed by atoms with E-state index in [1.807, 2.05) is 31.2 Å². The molecule has 0 unspecified atom stereocenters. The Morgan fingerprint density at radius 2 is 2.16 bits per heavy atom. The van der Waals surface area contributed by atoms with Crippen molar-refractivity contribution in [1.82, 2.24) is 9.97 Å². The molecule has 100 valence electrons. The predicted molar refractivity (Wildman–Crippen MR) is 76.7 cm³/mol. The number of aromatic nitrogens is 2. The lowest BCUT2D eigenvalue weighted by Crippen LogP contribution is -1.98. The summed E-state index contributed by atoms with van der Waals surface area (Å²) in [5.41, 5.74) is 1.84. The smallest absolute Gasteiger partial charge is 0.139 e. The van der Waals surface area contributed by atoms with Gasteiger partial charge in [0, 0.05) is 18.4 Å². The van der Waals surface area contributed by atoms with Crippen molar-refractivity contribution in [2.75, 3.05) is 13.7 Å². The van der Waals surface area contributed by atoms with E-state index in [-0.39, 0.29) is 0 Å². The number of aromatic amines is 1. The number of nitrogens with zero attached hydrogens (tertiary/aromatic N) is 1. The second-order valence-corrected chi connectivity index (χ2v) is 4.41. The van der Waals surface area contributed by atoms with Crippen LogP contribution in [0.1, 0.15) is 12.6 Å². The van der Waals surface area contributed by atoms with Gasteiger partial charge in [0.05, 0.1) is 13.2 Å². The Labute approximate surface area is 117 Å². The number of hydrogen-bond acceptors (Lipinski definition) is 4. The van der Waals surface area contributed by atoms with Gasteiger partial charge in [-0.3, -0.25) is 0 Å². The van der Waals surface area contributed by atoms with E-state index >= 15 is 0 Å². The molecule has 0 saturated heterocycles. The van der Waals surface area contributed by atoms with Crippen molar-refractivity contribution in [3.05, 3.63) is 40.7 Å². The second-order valence-electron chi connectivity index (χ2n) is 3.99. The molecule has 2 rings (SSSR count). The highest BCUT2D eigenvalue weighted by molar-refractivity contribution is 7.71. The van der Waals surface area contributed by atoms with Gasteiger partial charge >= 0.3 is 0 Å². The molecule has 0 aliphatic rings. The summed E-state index contributed by atoms with van der Waals surface area (Å²) in [6, 6.07) is 9.55. The molecule has 0 amide bonds. The van der Waals surface area contributed by atoms with Gasteiger partial charge in [-0.2, -0.15) is 0 Å². The number of ether oxygens (including phenoxy) is 2. The molecule has 1 aromatic heterocycles. The van der Waals surface area contributed by atoms with E-state index in [2.05, 4.69) is 9.97 Å². The molecular weight excluding hydrogens is 260 g/mol. The third-order valence-electron chi connectivity index (χ3n) is 2.52. The minimum atomic E-state index is 0.476. The van der Waals surface area contributed by atoms with Crippen LogP contribution in [0, 0.1) is 4.64 Å². The fourth-order valence-electron chi connectivity index (χ4n) is 1.78. The molecular formula is C14H16N2O2S. The quantitative estimate of drug-likeness (QED) is 0.851. The van der Waals surface area contributed by atoms with Crippen molar-refractivity contribution in [2.24, 2.45) is 0 Å². The molecule has 1 heterocycles. The van der Waals surface area contributed by atoms with Crippen LogP contribution >= 0.6 is 12.2 Å². The molecule has 1 N–H and O–H groups in total. The van der Waals surface area contributed by atoms with E-state index in [4.69, 9.17) is 21.7 Å². The number of rotatable bonds is 5. The van der Waals surface area contributed by atoms with Crippen molar-refractivity contribution in [1.29, 1.82) is 0 Å². The molecule has 0 aliphatic carbocycles. The molecule has 0 bridgehead atoms. The zero-order valence-corrected chi connectivity index (χ0v) is 11.8.